The largest absolute Gasteiger partial charge is 0.354 e. The van der Waals surface area contributed by atoms with Gasteiger partial charge in [0.15, 0.2) is 0 Å². The Bertz CT molecular complexity index is 976. The highest BCUT2D eigenvalue weighted by Crippen LogP contribution is 2.25. The first kappa shape index (κ1) is 23.4. The molecule has 1 aliphatic rings. The van der Waals surface area contributed by atoms with E-state index < -0.39 is 6.04 Å². The number of amides is 3. The Labute approximate surface area is 188 Å². The predicted octanol–water partition coefficient (Wildman–Crippen LogP) is 2.60. The molecule has 2 aromatic carbocycles. The molecule has 0 saturated heterocycles. The van der Waals surface area contributed by atoms with Crippen molar-refractivity contribution < 1.29 is 18.8 Å². The summed E-state index contributed by atoms with van der Waals surface area (Å²) in [7, 11) is 0. The molecule has 0 aromatic heterocycles. The van der Waals surface area contributed by atoms with Crippen LogP contribution in [-0.2, 0) is 33.8 Å². The molecule has 0 fully saturated rings. The Kier molecular flexibility index (Phi) is 7.98. The van der Waals surface area contributed by atoms with Gasteiger partial charge in [0.2, 0.25) is 17.7 Å². The van der Waals surface area contributed by atoms with Gasteiger partial charge in [0.25, 0.3) is 0 Å². The third-order valence-electron chi connectivity index (χ3n) is 5.45. The lowest BCUT2D eigenvalue weighted by molar-refractivity contribution is -0.142. The molecule has 7 heteroatoms. The monoisotopic (exact) mass is 439 g/mol. The fraction of sp³-hybridized carbons (Fsp3) is 0.400. The van der Waals surface area contributed by atoms with E-state index in [4.69, 9.17) is 0 Å². The number of carbonyl (C=O) groups is 3. The highest BCUT2D eigenvalue weighted by atomic mass is 19.1. The Hall–Kier alpha value is -3.22. The summed E-state index contributed by atoms with van der Waals surface area (Å²) in [6.07, 6.45) is 0.933. The van der Waals surface area contributed by atoms with Crippen LogP contribution in [0.3, 0.4) is 0 Å². The van der Waals surface area contributed by atoms with Crippen molar-refractivity contribution in [1.82, 2.24) is 15.5 Å². The molecule has 2 aromatic rings. The van der Waals surface area contributed by atoms with Gasteiger partial charge in [-0.2, -0.15) is 0 Å². The van der Waals surface area contributed by atoms with Crippen LogP contribution < -0.4 is 10.6 Å². The predicted molar refractivity (Wildman–Crippen MR) is 120 cm³/mol. The van der Waals surface area contributed by atoms with E-state index >= 15 is 0 Å². The second-order valence-corrected chi connectivity index (χ2v) is 8.56. The van der Waals surface area contributed by atoms with Gasteiger partial charge in [-0.15, -0.1) is 0 Å². The van der Waals surface area contributed by atoms with E-state index in [-0.39, 0.29) is 49.0 Å². The third kappa shape index (κ3) is 6.39. The fourth-order valence-corrected chi connectivity index (χ4v) is 3.89. The van der Waals surface area contributed by atoms with Gasteiger partial charge in [0.05, 0.1) is 6.42 Å². The first-order valence-corrected chi connectivity index (χ1v) is 11.0. The van der Waals surface area contributed by atoms with E-state index in [0.29, 0.717) is 24.9 Å². The summed E-state index contributed by atoms with van der Waals surface area (Å²) in [5, 5.41) is 5.57. The number of benzene rings is 2. The third-order valence-corrected chi connectivity index (χ3v) is 5.45. The molecule has 1 heterocycles. The van der Waals surface area contributed by atoms with Crippen LogP contribution in [0.25, 0.3) is 0 Å². The second-order valence-electron chi connectivity index (χ2n) is 8.56. The summed E-state index contributed by atoms with van der Waals surface area (Å²) in [6, 6.07) is 13.2. The molecule has 6 nitrogen and oxygen atoms in total. The molecule has 0 unspecified atom stereocenters. The lowest BCUT2D eigenvalue weighted by atomic mass is 9.92. The zero-order valence-electron chi connectivity index (χ0n) is 18.6. The Morgan fingerprint density at radius 1 is 1.03 bits per heavy atom. The molecule has 3 rings (SSSR count). The summed E-state index contributed by atoms with van der Waals surface area (Å²) in [6.45, 7) is 4.89. The number of halogens is 1. The number of rotatable bonds is 8. The first-order valence-electron chi connectivity index (χ1n) is 11.0. The molecule has 0 radical (unpaired) electrons. The molecule has 0 bridgehead atoms. The molecule has 0 saturated carbocycles. The Morgan fingerprint density at radius 3 is 2.47 bits per heavy atom. The Morgan fingerprint density at radius 2 is 1.75 bits per heavy atom. The van der Waals surface area contributed by atoms with Gasteiger partial charge in [-0.25, -0.2) is 4.39 Å². The van der Waals surface area contributed by atoms with E-state index in [1.807, 2.05) is 38.1 Å². The zero-order valence-corrected chi connectivity index (χ0v) is 18.6. The van der Waals surface area contributed by atoms with E-state index in [2.05, 4.69) is 10.6 Å². The normalized spacial score (nSPS) is 15.2. The minimum absolute atomic E-state index is 0.0296. The van der Waals surface area contributed by atoms with E-state index in [1.54, 1.807) is 17.0 Å². The highest BCUT2D eigenvalue weighted by Gasteiger charge is 2.34. The molecule has 1 atom stereocenters. The maximum atomic E-state index is 13.2. The molecular formula is C25H30FN3O3. The molecule has 2 N–H and O–H groups in total. The van der Waals surface area contributed by atoms with Gasteiger partial charge in [0, 0.05) is 32.5 Å². The topological polar surface area (TPSA) is 78.5 Å². The number of carbonyl (C=O) groups excluding carboxylic acids is 3. The number of fused-ring (bicyclic) bond motifs is 1. The molecule has 170 valence electrons. The number of nitrogens with zero attached hydrogens (tertiary/aromatic N) is 1. The maximum Gasteiger partial charge on any atom is 0.243 e. The van der Waals surface area contributed by atoms with Gasteiger partial charge < -0.3 is 15.5 Å². The summed E-state index contributed by atoms with van der Waals surface area (Å²) in [4.78, 5) is 39.5. The molecule has 32 heavy (non-hydrogen) atoms. The molecule has 3 amide bonds. The smallest absolute Gasteiger partial charge is 0.243 e. The lowest BCUT2D eigenvalue weighted by Gasteiger charge is -2.36. The Balaban J connectivity index is 1.53. The summed E-state index contributed by atoms with van der Waals surface area (Å²) < 4.78 is 13.2. The van der Waals surface area contributed by atoms with Gasteiger partial charge in [-0.1, -0.05) is 50.2 Å². The van der Waals surface area contributed by atoms with Gasteiger partial charge in [-0.3, -0.25) is 14.4 Å². The lowest BCUT2D eigenvalue weighted by Crippen LogP contribution is -2.53. The minimum atomic E-state index is -0.570. The van der Waals surface area contributed by atoms with Crippen molar-refractivity contribution in [2.24, 2.45) is 5.92 Å². The van der Waals surface area contributed by atoms with Crippen LogP contribution in [0, 0.1) is 11.7 Å². The van der Waals surface area contributed by atoms with Crippen LogP contribution in [0.15, 0.2) is 48.5 Å². The van der Waals surface area contributed by atoms with Crippen LogP contribution in [0.5, 0.6) is 0 Å². The van der Waals surface area contributed by atoms with E-state index in [0.717, 1.165) is 11.1 Å². The van der Waals surface area contributed by atoms with Crippen molar-refractivity contribution in [1.29, 1.82) is 0 Å². The summed E-state index contributed by atoms with van der Waals surface area (Å²) in [5.74, 6) is -0.677. The van der Waals surface area contributed by atoms with Crippen molar-refractivity contribution in [3.05, 3.63) is 71.0 Å². The van der Waals surface area contributed by atoms with Crippen molar-refractivity contribution in [2.75, 3.05) is 13.1 Å². The number of hydrogen-bond donors (Lipinski definition) is 2. The van der Waals surface area contributed by atoms with Crippen molar-refractivity contribution in [2.45, 2.75) is 45.7 Å². The molecule has 1 aliphatic heterocycles. The van der Waals surface area contributed by atoms with Crippen molar-refractivity contribution in [3.8, 4) is 0 Å². The van der Waals surface area contributed by atoms with Crippen LogP contribution in [0.2, 0.25) is 0 Å². The number of hydrogen-bond acceptors (Lipinski definition) is 3. The van der Waals surface area contributed by atoms with E-state index in [9.17, 15) is 18.8 Å². The molecule has 0 aliphatic carbocycles. The van der Waals surface area contributed by atoms with Crippen molar-refractivity contribution >= 4 is 17.7 Å². The summed E-state index contributed by atoms with van der Waals surface area (Å²) >= 11 is 0. The molecule has 0 spiro atoms. The number of nitrogens with one attached hydrogen (secondary N) is 2. The highest BCUT2D eigenvalue weighted by molar-refractivity contribution is 5.88. The average Bonchev–Trinajstić information content (AvgIpc) is 2.75. The maximum absolute atomic E-state index is 13.2. The van der Waals surface area contributed by atoms with Crippen LogP contribution in [-0.4, -0.2) is 41.8 Å². The fourth-order valence-electron chi connectivity index (χ4n) is 3.89. The van der Waals surface area contributed by atoms with E-state index in [1.165, 1.54) is 12.1 Å². The zero-order chi connectivity index (χ0) is 23.1. The van der Waals surface area contributed by atoms with Crippen LogP contribution >= 0.6 is 0 Å². The minimum Gasteiger partial charge on any atom is -0.354 e. The van der Waals surface area contributed by atoms with Gasteiger partial charge in [-0.05, 0) is 34.7 Å². The SMILES string of the molecule is CC(C)CC(=O)N1Cc2ccccc2C[C@H]1C(=O)NCCNC(=O)Cc1cccc(F)c1. The first-order chi connectivity index (χ1) is 15.3. The summed E-state index contributed by atoms with van der Waals surface area (Å²) in [5.41, 5.74) is 2.73. The average molecular weight is 440 g/mol. The standard InChI is InChI=1S/C25H30FN3O3/c1-17(2)12-24(31)29-16-20-8-4-3-7-19(20)15-22(29)25(32)28-11-10-27-23(30)14-18-6-5-9-21(26)13-18/h3-9,13,17,22H,10-12,14-16H2,1-2H3,(H,27,30)(H,28,32)/t22-/m0/s1. The van der Waals surface area contributed by atoms with Gasteiger partial charge >= 0.3 is 0 Å². The van der Waals surface area contributed by atoms with Gasteiger partial charge in [0.1, 0.15) is 11.9 Å². The van der Waals surface area contributed by atoms with Crippen molar-refractivity contribution in [3.63, 3.8) is 0 Å². The molecular weight excluding hydrogens is 409 g/mol. The van der Waals surface area contributed by atoms with Crippen LogP contribution in [0.1, 0.15) is 37.0 Å². The van der Waals surface area contributed by atoms with Crippen LogP contribution in [0.4, 0.5) is 4.39 Å². The second kappa shape index (κ2) is 10.9. The quantitative estimate of drug-likeness (QED) is 0.621.